The first kappa shape index (κ1) is 23.6. The SMILES string of the molecule is CCc1nsc(N2CCCN(C(=O)C3CC4CCCC(C3)C4N)CC2)n1.Cl.Cl. The van der Waals surface area contributed by atoms with E-state index in [0.29, 0.717) is 23.8 Å². The van der Waals surface area contributed by atoms with E-state index in [1.54, 1.807) is 0 Å². The van der Waals surface area contributed by atoms with E-state index < -0.39 is 0 Å². The third kappa shape index (κ3) is 4.91. The molecule has 2 bridgehead atoms. The number of nitrogens with two attached hydrogens (primary N) is 1. The van der Waals surface area contributed by atoms with Gasteiger partial charge in [0.15, 0.2) is 0 Å². The Morgan fingerprint density at radius 1 is 1.11 bits per heavy atom. The third-order valence-electron chi connectivity index (χ3n) is 6.61. The lowest BCUT2D eigenvalue weighted by molar-refractivity contribution is -0.138. The largest absolute Gasteiger partial charge is 0.345 e. The molecule has 4 rings (SSSR count). The molecule has 2 saturated carbocycles. The van der Waals surface area contributed by atoms with Crippen molar-refractivity contribution in [1.82, 2.24) is 14.3 Å². The summed E-state index contributed by atoms with van der Waals surface area (Å²) in [6.07, 6.45) is 7.62. The third-order valence-corrected chi connectivity index (χ3v) is 7.43. The Morgan fingerprint density at radius 3 is 2.46 bits per heavy atom. The van der Waals surface area contributed by atoms with E-state index in [-0.39, 0.29) is 30.7 Å². The van der Waals surface area contributed by atoms with Gasteiger partial charge in [-0.05, 0) is 43.9 Å². The fourth-order valence-electron chi connectivity index (χ4n) is 5.09. The molecule has 2 heterocycles. The van der Waals surface area contributed by atoms with Crippen molar-refractivity contribution in [3.8, 4) is 0 Å². The highest BCUT2D eigenvalue weighted by atomic mass is 35.5. The summed E-state index contributed by atoms with van der Waals surface area (Å²) in [6, 6.07) is 0.331. The standard InChI is InChI=1S/C19H31N5OS.2ClH/c1-2-16-21-19(26-22-16)24-8-4-7-23(9-10-24)18(25)15-11-13-5-3-6-14(12-15)17(13)20;;/h13-15,17H,2-12,20H2,1H3;2*1H. The second kappa shape index (κ2) is 10.4. The van der Waals surface area contributed by atoms with Gasteiger partial charge in [-0.2, -0.15) is 4.37 Å². The Balaban J connectivity index is 0.00000140. The zero-order valence-electron chi connectivity index (χ0n) is 16.6. The molecule has 28 heavy (non-hydrogen) atoms. The van der Waals surface area contributed by atoms with Crippen LogP contribution in [-0.4, -0.2) is 52.4 Å². The molecule has 3 aliphatic rings. The normalized spacial score (nSPS) is 30.1. The van der Waals surface area contributed by atoms with Gasteiger partial charge < -0.3 is 15.5 Å². The highest BCUT2D eigenvalue weighted by Crippen LogP contribution is 2.42. The van der Waals surface area contributed by atoms with Crippen molar-refractivity contribution in [3.05, 3.63) is 5.82 Å². The van der Waals surface area contributed by atoms with Crippen LogP contribution < -0.4 is 10.6 Å². The van der Waals surface area contributed by atoms with Gasteiger partial charge >= 0.3 is 0 Å². The van der Waals surface area contributed by atoms with Gasteiger partial charge in [-0.25, -0.2) is 4.98 Å². The predicted molar refractivity (Wildman–Crippen MR) is 119 cm³/mol. The van der Waals surface area contributed by atoms with Gasteiger partial charge in [0.2, 0.25) is 11.0 Å². The molecule has 6 nitrogen and oxygen atoms in total. The van der Waals surface area contributed by atoms with Crippen molar-refractivity contribution in [2.45, 2.75) is 57.9 Å². The molecule has 160 valence electrons. The Kier molecular flexibility index (Phi) is 8.80. The molecule has 2 aliphatic carbocycles. The van der Waals surface area contributed by atoms with Crippen molar-refractivity contribution < 1.29 is 4.79 Å². The average Bonchev–Trinajstić information content (AvgIpc) is 2.98. The highest BCUT2D eigenvalue weighted by molar-refractivity contribution is 7.09. The summed E-state index contributed by atoms with van der Waals surface area (Å²) >= 11 is 1.49. The smallest absolute Gasteiger partial charge is 0.225 e. The number of amides is 1. The number of hydrogen-bond acceptors (Lipinski definition) is 6. The first-order chi connectivity index (χ1) is 12.7. The number of rotatable bonds is 3. The molecular weight excluding hydrogens is 417 g/mol. The van der Waals surface area contributed by atoms with Gasteiger partial charge in [0.05, 0.1) is 0 Å². The van der Waals surface area contributed by atoms with E-state index in [1.807, 2.05) is 0 Å². The predicted octanol–water partition coefficient (Wildman–Crippen LogP) is 3.14. The highest BCUT2D eigenvalue weighted by Gasteiger charge is 2.41. The van der Waals surface area contributed by atoms with E-state index in [0.717, 1.165) is 62.8 Å². The van der Waals surface area contributed by atoms with Crippen LogP contribution in [0, 0.1) is 17.8 Å². The Hall–Kier alpha value is -0.630. The van der Waals surface area contributed by atoms with Gasteiger partial charge in [-0.3, -0.25) is 4.79 Å². The minimum atomic E-state index is 0. The number of fused-ring (bicyclic) bond motifs is 2. The maximum Gasteiger partial charge on any atom is 0.225 e. The number of aromatic nitrogens is 2. The first-order valence-corrected chi connectivity index (χ1v) is 11.0. The second-order valence-electron chi connectivity index (χ2n) is 8.21. The molecular formula is C19H33Cl2N5OS. The molecule has 1 saturated heterocycles. The zero-order chi connectivity index (χ0) is 18.1. The Morgan fingerprint density at radius 2 is 1.82 bits per heavy atom. The Bertz CT molecular complexity index is 632. The summed E-state index contributed by atoms with van der Waals surface area (Å²) in [7, 11) is 0. The van der Waals surface area contributed by atoms with Crippen molar-refractivity contribution in [1.29, 1.82) is 0 Å². The lowest BCUT2D eigenvalue weighted by Gasteiger charge is -2.44. The summed E-state index contributed by atoms with van der Waals surface area (Å²) in [6.45, 7) is 5.58. The van der Waals surface area contributed by atoms with Crippen LogP contribution in [0.1, 0.15) is 51.3 Å². The summed E-state index contributed by atoms with van der Waals surface area (Å²) in [5.41, 5.74) is 6.40. The van der Waals surface area contributed by atoms with Gasteiger partial charge in [0.1, 0.15) is 5.82 Å². The topological polar surface area (TPSA) is 75.4 Å². The van der Waals surface area contributed by atoms with Gasteiger partial charge in [-0.15, -0.1) is 24.8 Å². The van der Waals surface area contributed by atoms with Crippen LogP contribution in [0.2, 0.25) is 0 Å². The van der Waals surface area contributed by atoms with Gasteiger partial charge in [0.25, 0.3) is 0 Å². The molecule has 0 radical (unpaired) electrons. The molecule has 1 aliphatic heterocycles. The molecule has 2 unspecified atom stereocenters. The van der Waals surface area contributed by atoms with Crippen LogP contribution in [0.4, 0.5) is 5.13 Å². The van der Waals surface area contributed by atoms with Crippen LogP contribution in [0.5, 0.6) is 0 Å². The van der Waals surface area contributed by atoms with Crippen LogP contribution in [0.15, 0.2) is 0 Å². The van der Waals surface area contributed by atoms with Crippen molar-refractivity contribution in [2.24, 2.45) is 23.5 Å². The van der Waals surface area contributed by atoms with Crippen molar-refractivity contribution in [2.75, 3.05) is 31.1 Å². The van der Waals surface area contributed by atoms with Gasteiger partial charge in [-0.1, -0.05) is 13.3 Å². The van der Waals surface area contributed by atoms with E-state index in [9.17, 15) is 4.79 Å². The zero-order valence-corrected chi connectivity index (χ0v) is 19.0. The molecule has 0 spiro atoms. The van der Waals surface area contributed by atoms with Gasteiger partial charge in [0, 0.05) is 56.1 Å². The molecule has 9 heteroatoms. The Labute approximate surface area is 184 Å². The van der Waals surface area contributed by atoms with Crippen molar-refractivity contribution >= 4 is 47.4 Å². The van der Waals surface area contributed by atoms with E-state index in [2.05, 4.69) is 26.1 Å². The van der Waals surface area contributed by atoms with E-state index in [1.165, 1.54) is 30.8 Å². The quantitative estimate of drug-likeness (QED) is 0.766. The molecule has 2 atom stereocenters. The van der Waals surface area contributed by atoms with Crippen LogP contribution in [0.3, 0.4) is 0 Å². The van der Waals surface area contributed by atoms with E-state index in [4.69, 9.17) is 5.73 Å². The number of anilines is 1. The fraction of sp³-hybridized carbons (Fsp3) is 0.842. The number of halogens is 2. The average molecular weight is 450 g/mol. The monoisotopic (exact) mass is 449 g/mol. The summed E-state index contributed by atoms with van der Waals surface area (Å²) < 4.78 is 4.40. The molecule has 0 aromatic carbocycles. The van der Waals surface area contributed by atoms with Crippen LogP contribution in [0.25, 0.3) is 0 Å². The summed E-state index contributed by atoms with van der Waals surface area (Å²) in [4.78, 5) is 22.2. The minimum Gasteiger partial charge on any atom is -0.345 e. The molecule has 3 fully saturated rings. The summed E-state index contributed by atoms with van der Waals surface area (Å²) in [5.74, 6) is 2.63. The first-order valence-electron chi connectivity index (χ1n) is 10.3. The van der Waals surface area contributed by atoms with Crippen molar-refractivity contribution in [3.63, 3.8) is 0 Å². The maximum absolute atomic E-state index is 13.2. The number of carbonyl (C=O) groups excluding carboxylic acids is 1. The lowest BCUT2D eigenvalue weighted by atomic mass is 9.65. The number of aryl methyl sites for hydroxylation is 1. The number of carbonyl (C=O) groups is 1. The van der Waals surface area contributed by atoms with E-state index >= 15 is 0 Å². The maximum atomic E-state index is 13.2. The minimum absolute atomic E-state index is 0. The van der Waals surface area contributed by atoms with Crippen LogP contribution >= 0.6 is 36.3 Å². The second-order valence-corrected chi connectivity index (χ2v) is 8.94. The molecule has 1 aromatic heterocycles. The number of hydrogen-bond donors (Lipinski definition) is 1. The lowest BCUT2D eigenvalue weighted by Crippen LogP contribution is -2.50. The summed E-state index contributed by atoms with van der Waals surface area (Å²) in [5, 5.41) is 1.01. The molecule has 1 amide bonds. The fourth-order valence-corrected chi connectivity index (χ4v) is 5.90. The van der Waals surface area contributed by atoms with Crippen LogP contribution in [-0.2, 0) is 11.2 Å². The molecule has 2 N–H and O–H groups in total. The molecule has 1 aromatic rings. The number of nitrogens with zero attached hydrogens (tertiary/aromatic N) is 4.